The minimum atomic E-state index is -3.76. The summed E-state index contributed by atoms with van der Waals surface area (Å²) in [6, 6.07) is 11.0. The summed E-state index contributed by atoms with van der Waals surface area (Å²) in [6.45, 7) is 0.120. The Hall–Kier alpha value is -2.53. The van der Waals surface area contributed by atoms with Gasteiger partial charge in [-0.05, 0) is 55.7 Å². The maximum Gasteiger partial charge on any atom is 0.240 e. The number of methoxy groups -OCH3 is 1. The van der Waals surface area contributed by atoms with Crippen LogP contribution < -0.4 is 14.8 Å². The fourth-order valence-corrected chi connectivity index (χ4v) is 4.90. The number of aliphatic hydroxyl groups is 1. The summed E-state index contributed by atoms with van der Waals surface area (Å²) < 4.78 is 39.0. The Balaban J connectivity index is 1.47. The smallest absolute Gasteiger partial charge is 0.240 e. The second-order valence-corrected chi connectivity index (χ2v) is 9.31. The molecule has 1 fully saturated rings. The van der Waals surface area contributed by atoms with Gasteiger partial charge in [-0.2, -0.15) is 0 Å². The Kier molecular flexibility index (Phi) is 8.57. The highest BCUT2D eigenvalue weighted by molar-refractivity contribution is 7.89. The van der Waals surface area contributed by atoms with Crippen LogP contribution in [0.15, 0.2) is 53.6 Å². The minimum absolute atomic E-state index is 0.118. The second-order valence-electron chi connectivity index (χ2n) is 7.60. The molecular formula is C22H29N3O6S. The van der Waals surface area contributed by atoms with Crippen molar-refractivity contribution < 1.29 is 27.8 Å². The molecule has 2 heterocycles. The number of amides is 1. The molecule has 0 radical (unpaired) electrons. The Bertz CT molecular complexity index is 969. The molecule has 0 bridgehead atoms. The summed E-state index contributed by atoms with van der Waals surface area (Å²) in [5.41, 5.74) is 0.700. The molecule has 2 aromatic rings. The molecule has 1 saturated heterocycles. The van der Waals surface area contributed by atoms with Crippen molar-refractivity contribution in [3.63, 3.8) is 0 Å². The summed E-state index contributed by atoms with van der Waals surface area (Å²) in [5, 5.41) is 12.6. The number of rotatable bonds is 10. The topological polar surface area (TPSA) is 127 Å². The monoisotopic (exact) mass is 463 g/mol. The molecule has 0 saturated carbocycles. The van der Waals surface area contributed by atoms with E-state index in [0.29, 0.717) is 37.3 Å². The molecule has 32 heavy (non-hydrogen) atoms. The van der Waals surface area contributed by atoms with Gasteiger partial charge in [0.15, 0.2) is 0 Å². The third-order valence-corrected chi connectivity index (χ3v) is 6.83. The van der Waals surface area contributed by atoms with Crippen LogP contribution in [0.2, 0.25) is 0 Å². The zero-order valence-electron chi connectivity index (χ0n) is 17.9. The van der Waals surface area contributed by atoms with Gasteiger partial charge in [-0.1, -0.05) is 6.07 Å². The lowest BCUT2D eigenvalue weighted by Gasteiger charge is -2.36. The van der Waals surface area contributed by atoms with Crippen molar-refractivity contribution >= 4 is 15.9 Å². The van der Waals surface area contributed by atoms with E-state index in [2.05, 4.69) is 15.0 Å². The van der Waals surface area contributed by atoms with Gasteiger partial charge in [0.05, 0.1) is 43.3 Å². The van der Waals surface area contributed by atoms with Crippen LogP contribution in [0.1, 0.15) is 25.0 Å². The van der Waals surface area contributed by atoms with E-state index in [1.54, 1.807) is 30.5 Å². The summed E-state index contributed by atoms with van der Waals surface area (Å²) >= 11 is 0. The quantitative estimate of drug-likeness (QED) is 0.480. The number of sulfonamides is 1. The first-order valence-electron chi connectivity index (χ1n) is 10.5. The molecule has 1 aromatic carbocycles. The molecule has 1 aliphatic rings. The molecule has 1 aliphatic heterocycles. The Morgan fingerprint density at radius 1 is 1.22 bits per heavy atom. The number of hydrogen-bond acceptors (Lipinski definition) is 7. The SMILES string of the molecule is COc1ccc(S(=O)(=O)N[C@@H]2CC[C@@H](CCNC(=O)Cc3ccccn3)O[C@H]2CO)cc1. The van der Waals surface area contributed by atoms with Crippen molar-refractivity contribution in [3.05, 3.63) is 54.4 Å². The number of nitrogens with one attached hydrogen (secondary N) is 2. The second kappa shape index (κ2) is 11.4. The van der Waals surface area contributed by atoms with E-state index in [1.165, 1.54) is 19.2 Å². The molecule has 10 heteroatoms. The van der Waals surface area contributed by atoms with Crippen LogP contribution in [0.3, 0.4) is 0 Å². The number of carbonyl (C=O) groups excluding carboxylic acids is 1. The zero-order chi connectivity index (χ0) is 23.0. The number of ether oxygens (including phenoxy) is 2. The van der Waals surface area contributed by atoms with Crippen LogP contribution >= 0.6 is 0 Å². The highest BCUT2D eigenvalue weighted by Gasteiger charge is 2.33. The van der Waals surface area contributed by atoms with Gasteiger partial charge in [0.2, 0.25) is 15.9 Å². The molecule has 1 aromatic heterocycles. The van der Waals surface area contributed by atoms with Crippen LogP contribution in [0.25, 0.3) is 0 Å². The van der Waals surface area contributed by atoms with E-state index in [0.717, 1.165) is 0 Å². The lowest BCUT2D eigenvalue weighted by Crippen LogP contribution is -2.51. The number of nitrogens with zero attached hydrogens (tertiary/aromatic N) is 1. The van der Waals surface area contributed by atoms with Gasteiger partial charge in [0, 0.05) is 18.4 Å². The Labute approximate surface area is 188 Å². The molecule has 0 spiro atoms. The molecule has 3 atom stereocenters. The first-order chi connectivity index (χ1) is 15.4. The van der Waals surface area contributed by atoms with Gasteiger partial charge < -0.3 is 19.9 Å². The summed E-state index contributed by atoms with van der Waals surface area (Å²) in [5.74, 6) is 0.441. The lowest BCUT2D eigenvalue weighted by atomic mass is 9.98. The Morgan fingerprint density at radius 2 is 2.00 bits per heavy atom. The largest absolute Gasteiger partial charge is 0.497 e. The highest BCUT2D eigenvalue weighted by Crippen LogP contribution is 2.24. The molecule has 3 rings (SSSR count). The average Bonchev–Trinajstić information content (AvgIpc) is 2.80. The van der Waals surface area contributed by atoms with Crippen molar-refractivity contribution in [2.75, 3.05) is 20.3 Å². The summed E-state index contributed by atoms with van der Waals surface area (Å²) in [7, 11) is -2.25. The fraction of sp³-hybridized carbons (Fsp3) is 0.455. The summed E-state index contributed by atoms with van der Waals surface area (Å²) in [4.78, 5) is 16.3. The van der Waals surface area contributed by atoms with E-state index in [1.807, 2.05) is 6.07 Å². The van der Waals surface area contributed by atoms with E-state index in [4.69, 9.17) is 9.47 Å². The first-order valence-corrected chi connectivity index (χ1v) is 12.0. The van der Waals surface area contributed by atoms with Gasteiger partial charge in [-0.3, -0.25) is 9.78 Å². The third kappa shape index (κ3) is 6.73. The molecule has 9 nitrogen and oxygen atoms in total. The molecule has 3 N–H and O–H groups in total. The normalized spacial score (nSPS) is 21.1. The molecule has 0 aliphatic carbocycles. The fourth-order valence-electron chi connectivity index (χ4n) is 3.60. The van der Waals surface area contributed by atoms with E-state index in [9.17, 15) is 18.3 Å². The predicted octanol–water partition coefficient (Wildman–Crippen LogP) is 1.03. The van der Waals surface area contributed by atoms with Crippen molar-refractivity contribution in [2.45, 2.75) is 48.8 Å². The average molecular weight is 464 g/mol. The van der Waals surface area contributed by atoms with Gasteiger partial charge in [0.1, 0.15) is 5.75 Å². The third-order valence-electron chi connectivity index (χ3n) is 5.33. The van der Waals surface area contributed by atoms with Gasteiger partial charge in [-0.25, -0.2) is 13.1 Å². The van der Waals surface area contributed by atoms with Crippen molar-refractivity contribution in [1.82, 2.24) is 15.0 Å². The number of benzene rings is 1. The minimum Gasteiger partial charge on any atom is -0.497 e. The number of pyridine rings is 1. The number of hydrogen-bond donors (Lipinski definition) is 3. The van der Waals surface area contributed by atoms with E-state index < -0.39 is 22.2 Å². The van der Waals surface area contributed by atoms with Crippen molar-refractivity contribution in [2.24, 2.45) is 0 Å². The van der Waals surface area contributed by atoms with Crippen LogP contribution in [0.5, 0.6) is 5.75 Å². The van der Waals surface area contributed by atoms with E-state index in [-0.39, 0.29) is 29.9 Å². The molecule has 0 unspecified atom stereocenters. The van der Waals surface area contributed by atoms with Gasteiger partial charge in [0.25, 0.3) is 0 Å². The zero-order valence-corrected chi connectivity index (χ0v) is 18.8. The van der Waals surface area contributed by atoms with Crippen LogP contribution in [0, 0.1) is 0 Å². The standard InChI is InChI=1S/C22H29N3O6S/c1-30-17-5-8-19(9-6-17)32(28,29)25-20-10-7-18(31-21(20)15-26)11-13-24-22(27)14-16-4-2-3-12-23-16/h2-6,8-9,12,18,20-21,25-26H,7,10-11,13-15H2,1H3,(H,24,27)/t18-,20+,21-/m0/s1. The predicted molar refractivity (Wildman–Crippen MR) is 118 cm³/mol. The first kappa shape index (κ1) is 24.1. The number of carbonyl (C=O) groups is 1. The maximum atomic E-state index is 12.7. The van der Waals surface area contributed by atoms with Crippen LogP contribution in [-0.4, -0.2) is 62.9 Å². The Morgan fingerprint density at radius 3 is 2.66 bits per heavy atom. The van der Waals surface area contributed by atoms with Gasteiger partial charge in [-0.15, -0.1) is 0 Å². The van der Waals surface area contributed by atoms with Gasteiger partial charge >= 0.3 is 0 Å². The number of aliphatic hydroxyl groups excluding tert-OH is 1. The molecule has 1 amide bonds. The van der Waals surface area contributed by atoms with E-state index >= 15 is 0 Å². The van der Waals surface area contributed by atoms with Crippen LogP contribution in [-0.2, 0) is 26.0 Å². The molecular weight excluding hydrogens is 434 g/mol. The lowest BCUT2D eigenvalue weighted by molar-refractivity contribution is -0.121. The molecule has 174 valence electrons. The van der Waals surface area contributed by atoms with Crippen molar-refractivity contribution in [1.29, 1.82) is 0 Å². The summed E-state index contributed by atoms with van der Waals surface area (Å²) in [6.07, 6.45) is 2.72. The van der Waals surface area contributed by atoms with Crippen LogP contribution in [0.4, 0.5) is 0 Å². The number of aromatic nitrogens is 1. The maximum absolute atomic E-state index is 12.7. The highest BCUT2D eigenvalue weighted by atomic mass is 32.2. The van der Waals surface area contributed by atoms with Crippen molar-refractivity contribution in [3.8, 4) is 5.75 Å².